The largest absolute Gasteiger partial charge is 0.460 e. The van der Waals surface area contributed by atoms with Crippen molar-refractivity contribution in [2.75, 3.05) is 13.2 Å². The van der Waals surface area contributed by atoms with Gasteiger partial charge < -0.3 is 9.47 Å². The van der Waals surface area contributed by atoms with Crippen molar-refractivity contribution in [3.63, 3.8) is 0 Å². The number of esters is 1. The van der Waals surface area contributed by atoms with E-state index >= 15 is 0 Å². The maximum absolute atomic E-state index is 11.9. The summed E-state index contributed by atoms with van der Waals surface area (Å²) in [5, 5.41) is -0.386. The first-order chi connectivity index (χ1) is 9.38. The minimum atomic E-state index is -3.45. The van der Waals surface area contributed by atoms with Crippen LogP contribution < -0.4 is 0 Å². The van der Waals surface area contributed by atoms with Gasteiger partial charge in [0.1, 0.15) is 12.7 Å². The smallest absolute Gasteiger partial charge is 0.330 e. The van der Waals surface area contributed by atoms with E-state index in [9.17, 15) is 13.2 Å². The van der Waals surface area contributed by atoms with E-state index in [1.807, 2.05) is 6.92 Å². The first-order valence-electron chi connectivity index (χ1n) is 6.71. The molecule has 2 bridgehead atoms. The standard InChI is InChI=1S/C13H18O6S/c1-3-10(14)17-4-5-18-11-8-6-9-13(2,7-8)12(11)19-20(9,15)16/h3,8-9,11-12H,1,4-7H2,2H3. The molecule has 3 aliphatic rings. The van der Waals surface area contributed by atoms with Gasteiger partial charge in [-0.3, -0.25) is 4.18 Å². The van der Waals surface area contributed by atoms with Crippen molar-refractivity contribution in [1.29, 1.82) is 0 Å². The van der Waals surface area contributed by atoms with Crippen LogP contribution in [0.15, 0.2) is 12.7 Å². The van der Waals surface area contributed by atoms with Gasteiger partial charge in [-0.2, -0.15) is 8.42 Å². The third-order valence-corrected chi connectivity index (χ3v) is 6.66. The zero-order valence-electron chi connectivity index (χ0n) is 11.3. The average Bonchev–Trinajstić information content (AvgIpc) is 2.89. The van der Waals surface area contributed by atoms with Crippen LogP contribution in [0.4, 0.5) is 0 Å². The molecule has 5 atom stereocenters. The third kappa shape index (κ3) is 1.91. The molecule has 3 rings (SSSR count). The lowest BCUT2D eigenvalue weighted by Gasteiger charge is -2.30. The summed E-state index contributed by atoms with van der Waals surface area (Å²) in [5.74, 6) is -0.282. The minimum absolute atomic E-state index is 0.133. The van der Waals surface area contributed by atoms with Crippen molar-refractivity contribution < 1.29 is 26.9 Å². The summed E-state index contributed by atoms with van der Waals surface area (Å²) >= 11 is 0. The zero-order valence-corrected chi connectivity index (χ0v) is 12.1. The Labute approximate surface area is 118 Å². The molecule has 0 N–H and O–H groups in total. The predicted octanol–water partition coefficient (Wildman–Crippen LogP) is 0.628. The SMILES string of the molecule is C=CC(=O)OCCOC1C2CC3C(C)(C2)C1OS3(=O)=O. The number of hydrogen-bond acceptors (Lipinski definition) is 6. The Morgan fingerprint density at radius 1 is 1.50 bits per heavy atom. The van der Waals surface area contributed by atoms with E-state index in [0.29, 0.717) is 6.42 Å². The number of ether oxygens (including phenoxy) is 2. The van der Waals surface area contributed by atoms with Crippen molar-refractivity contribution in [1.82, 2.24) is 0 Å². The second-order valence-corrected chi connectivity index (χ2v) is 7.66. The van der Waals surface area contributed by atoms with Gasteiger partial charge in [0.05, 0.1) is 18.0 Å². The van der Waals surface area contributed by atoms with Crippen molar-refractivity contribution >= 4 is 16.1 Å². The topological polar surface area (TPSA) is 78.9 Å². The molecular weight excluding hydrogens is 284 g/mol. The Hall–Kier alpha value is -0.920. The van der Waals surface area contributed by atoms with Crippen LogP contribution >= 0.6 is 0 Å². The molecule has 112 valence electrons. The van der Waals surface area contributed by atoms with E-state index in [2.05, 4.69) is 6.58 Å². The summed E-state index contributed by atoms with van der Waals surface area (Å²) in [6, 6.07) is 0. The van der Waals surface area contributed by atoms with Crippen LogP contribution in [0.2, 0.25) is 0 Å². The van der Waals surface area contributed by atoms with Crippen molar-refractivity contribution in [3.05, 3.63) is 12.7 Å². The van der Waals surface area contributed by atoms with Gasteiger partial charge in [0.25, 0.3) is 10.1 Å². The molecule has 0 radical (unpaired) electrons. The second kappa shape index (κ2) is 4.54. The lowest BCUT2D eigenvalue weighted by Crippen LogP contribution is -2.42. The van der Waals surface area contributed by atoms with E-state index < -0.39 is 22.2 Å². The zero-order chi connectivity index (χ0) is 14.5. The molecule has 0 aromatic heterocycles. The summed E-state index contributed by atoms with van der Waals surface area (Å²) in [4.78, 5) is 10.9. The van der Waals surface area contributed by atoms with Gasteiger partial charge in [0.15, 0.2) is 0 Å². The maximum Gasteiger partial charge on any atom is 0.330 e. The van der Waals surface area contributed by atoms with E-state index in [1.54, 1.807) is 0 Å². The number of fused-ring (bicyclic) bond motifs is 1. The molecule has 0 aromatic rings. The van der Waals surface area contributed by atoms with E-state index in [-0.39, 0.29) is 35.9 Å². The molecule has 20 heavy (non-hydrogen) atoms. The lowest BCUT2D eigenvalue weighted by atomic mass is 9.82. The molecule has 0 aromatic carbocycles. The molecular formula is C13H18O6S. The summed E-state index contributed by atoms with van der Waals surface area (Å²) in [5.41, 5.74) is -0.327. The van der Waals surface area contributed by atoms with Crippen LogP contribution in [-0.4, -0.2) is 45.1 Å². The monoisotopic (exact) mass is 302 g/mol. The molecule has 6 nitrogen and oxygen atoms in total. The molecule has 5 unspecified atom stereocenters. The first-order valence-corrected chi connectivity index (χ1v) is 8.18. The first kappa shape index (κ1) is 14.0. The van der Waals surface area contributed by atoms with E-state index in [1.165, 1.54) is 0 Å². The number of carbonyl (C=O) groups is 1. The van der Waals surface area contributed by atoms with Gasteiger partial charge in [-0.1, -0.05) is 13.5 Å². The Morgan fingerprint density at radius 2 is 2.25 bits per heavy atom. The summed E-state index contributed by atoms with van der Waals surface area (Å²) < 4.78 is 39.7. The fourth-order valence-electron chi connectivity index (χ4n) is 3.93. The Morgan fingerprint density at radius 3 is 2.95 bits per heavy atom. The van der Waals surface area contributed by atoms with Crippen molar-refractivity contribution in [3.8, 4) is 0 Å². The Balaban J connectivity index is 1.61. The minimum Gasteiger partial charge on any atom is -0.460 e. The fraction of sp³-hybridized carbons (Fsp3) is 0.769. The quantitative estimate of drug-likeness (QED) is 0.321. The highest BCUT2D eigenvalue weighted by molar-refractivity contribution is 7.87. The molecule has 2 saturated carbocycles. The molecule has 7 heteroatoms. The number of hydrogen-bond donors (Lipinski definition) is 0. The van der Waals surface area contributed by atoms with Crippen molar-refractivity contribution in [2.24, 2.45) is 11.3 Å². The van der Waals surface area contributed by atoms with Crippen LogP contribution in [0, 0.1) is 11.3 Å². The van der Waals surface area contributed by atoms with Crippen LogP contribution in [0.5, 0.6) is 0 Å². The molecule has 1 saturated heterocycles. The summed E-state index contributed by atoms with van der Waals surface area (Å²) in [6.45, 7) is 5.64. The van der Waals surface area contributed by atoms with Crippen LogP contribution in [0.1, 0.15) is 19.8 Å². The average molecular weight is 302 g/mol. The summed E-state index contributed by atoms with van der Waals surface area (Å²) in [6.07, 6.45) is 1.89. The number of carbonyl (C=O) groups excluding carboxylic acids is 1. The van der Waals surface area contributed by atoms with Gasteiger partial charge in [0, 0.05) is 11.5 Å². The van der Waals surface area contributed by atoms with Crippen molar-refractivity contribution in [2.45, 2.75) is 37.2 Å². The highest BCUT2D eigenvalue weighted by atomic mass is 32.2. The lowest BCUT2D eigenvalue weighted by molar-refractivity contribution is -0.141. The van der Waals surface area contributed by atoms with Gasteiger partial charge >= 0.3 is 5.97 Å². The summed E-state index contributed by atoms with van der Waals surface area (Å²) in [7, 11) is -3.45. The van der Waals surface area contributed by atoms with Gasteiger partial charge in [-0.25, -0.2) is 4.79 Å². The van der Waals surface area contributed by atoms with Crippen LogP contribution in [0.25, 0.3) is 0 Å². The third-order valence-electron chi connectivity index (χ3n) is 4.76. The van der Waals surface area contributed by atoms with Gasteiger partial charge in [-0.15, -0.1) is 0 Å². The maximum atomic E-state index is 11.9. The highest BCUT2D eigenvalue weighted by Crippen LogP contribution is 2.62. The molecule has 1 aliphatic heterocycles. The number of rotatable bonds is 5. The van der Waals surface area contributed by atoms with Crippen LogP contribution in [0.3, 0.4) is 0 Å². The van der Waals surface area contributed by atoms with E-state index in [0.717, 1.165) is 12.5 Å². The molecule has 0 amide bonds. The highest BCUT2D eigenvalue weighted by Gasteiger charge is 2.71. The Bertz CT molecular complexity index is 541. The van der Waals surface area contributed by atoms with E-state index in [4.69, 9.17) is 13.7 Å². The van der Waals surface area contributed by atoms with Gasteiger partial charge in [-0.05, 0) is 18.8 Å². The second-order valence-electron chi connectivity index (χ2n) is 5.91. The fourth-order valence-corrected chi connectivity index (χ4v) is 6.05. The Kier molecular flexibility index (Phi) is 3.19. The predicted molar refractivity (Wildman–Crippen MR) is 69.3 cm³/mol. The van der Waals surface area contributed by atoms with Crippen LogP contribution in [-0.2, 0) is 28.6 Å². The molecule has 1 heterocycles. The van der Waals surface area contributed by atoms with Gasteiger partial charge in [0.2, 0.25) is 0 Å². The molecule has 2 aliphatic carbocycles. The normalized spacial score (nSPS) is 43.6. The molecule has 3 fully saturated rings. The molecule has 0 spiro atoms.